The second-order valence-electron chi connectivity index (χ2n) is 9.06. The molecule has 30 heavy (non-hydrogen) atoms. The van der Waals surface area contributed by atoms with Gasteiger partial charge in [-0.05, 0) is 62.6 Å². The number of nitrogens with one attached hydrogen (secondary N) is 1. The van der Waals surface area contributed by atoms with Gasteiger partial charge in [0.2, 0.25) is 6.54 Å². The first-order valence-corrected chi connectivity index (χ1v) is 10.9. The molecular formula is C22H28N6O2. The van der Waals surface area contributed by atoms with Gasteiger partial charge in [0.1, 0.15) is 0 Å². The maximum atomic E-state index is 12.7. The molecule has 3 fully saturated rings. The van der Waals surface area contributed by atoms with E-state index in [-0.39, 0.29) is 11.6 Å². The van der Waals surface area contributed by atoms with Gasteiger partial charge in [-0.2, -0.15) is 4.68 Å². The van der Waals surface area contributed by atoms with E-state index in [1.165, 1.54) is 12.8 Å². The van der Waals surface area contributed by atoms with Gasteiger partial charge in [-0.25, -0.2) is 11.4 Å². The quantitative estimate of drug-likeness (QED) is 0.428. The summed E-state index contributed by atoms with van der Waals surface area (Å²) >= 11 is 0. The van der Waals surface area contributed by atoms with Crippen molar-refractivity contribution in [2.45, 2.75) is 50.6 Å². The maximum Gasteiger partial charge on any atom is 0.350 e. The third-order valence-corrected chi connectivity index (χ3v) is 7.22. The van der Waals surface area contributed by atoms with Crippen LogP contribution in [0.15, 0.2) is 21.7 Å². The Morgan fingerprint density at radius 1 is 1.27 bits per heavy atom. The molecule has 2 aliphatic carbocycles. The van der Waals surface area contributed by atoms with E-state index in [2.05, 4.69) is 15.1 Å². The number of hydrogen-bond donors (Lipinski definition) is 2. The standard InChI is InChI=1S/C22H28N6O2/c1-14-18(26-12-7-15(13-26)22(8-9-22)25-11-10-24-2)6-5-17-19(14)27(16-3-4-16)21(30)28(23)20(17)29/h5-6,15-16,25H,3-4,7-13,23H2,1H3. The number of fused-ring (bicyclic) bond motifs is 1. The zero-order chi connectivity index (χ0) is 21.0. The molecule has 2 aromatic rings. The van der Waals surface area contributed by atoms with Crippen LogP contribution in [0.5, 0.6) is 0 Å². The number of nitrogens with two attached hydrogens (primary N) is 1. The SMILES string of the molecule is [C-]#[N+]CCNC1(C2CCN(c3ccc4c(=O)n(N)c(=O)n(C5CC5)c4c3C)C2)CC1. The highest BCUT2D eigenvalue weighted by Crippen LogP contribution is 2.47. The number of aryl methyl sites for hydroxylation is 1. The van der Waals surface area contributed by atoms with Gasteiger partial charge in [0, 0.05) is 30.4 Å². The first-order valence-electron chi connectivity index (χ1n) is 10.9. The van der Waals surface area contributed by atoms with Gasteiger partial charge >= 0.3 is 5.69 Å². The molecule has 2 heterocycles. The van der Waals surface area contributed by atoms with E-state index in [4.69, 9.17) is 12.4 Å². The first-order chi connectivity index (χ1) is 14.5. The fourth-order valence-corrected chi connectivity index (χ4v) is 5.27. The Labute approximate surface area is 175 Å². The average molecular weight is 409 g/mol. The Morgan fingerprint density at radius 3 is 2.70 bits per heavy atom. The van der Waals surface area contributed by atoms with Gasteiger partial charge in [-0.3, -0.25) is 9.36 Å². The third kappa shape index (κ3) is 2.91. The Kier molecular flexibility index (Phi) is 4.40. The van der Waals surface area contributed by atoms with Crippen LogP contribution < -0.4 is 27.3 Å². The van der Waals surface area contributed by atoms with Crippen molar-refractivity contribution >= 4 is 16.6 Å². The smallest absolute Gasteiger partial charge is 0.350 e. The highest BCUT2D eigenvalue weighted by molar-refractivity contribution is 5.87. The summed E-state index contributed by atoms with van der Waals surface area (Å²) in [6.45, 7) is 12.2. The lowest BCUT2D eigenvalue weighted by Gasteiger charge is -2.26. The summed E-state index contributed by atoms with van der Waals surface area (Å²) in [5.41, 5.74) is 2.17. The largest absolute Gasteiger partial charge is 0.371 e. The lowest BCUT2D eigenvalue weighted by atomic mass is 9.96. The van der Waals surface area contributed by atoms with E-state index >= 15 is 0 Å². The van der Waals surface area contributed by atoms with Crippen LogP contribution in [0.2, 0.25) is 0 Å². The molecule has 0 radical (unpaired) electrons. The van der Waals surface area contributed by atoms with Gasteiger partial charge in [0.05, 0.1) is 17.4 Å². The van der Waals surface area contributed by atoms with Crippen molar-refractivity contribution in [3.05, 3.63) is 50.0 Å². The fourth-order valence-electron chi connectivity index (χ4n) is 5.27. The van der Waals surface area contributed by atoms with E-state index in [0.29, 0.717) is 17.8 Å². The van der Waals surface area contributed by atoms with Crippen molar-refractivity contribution in [2.24, 2.45) is 5.92 Å². The Hall–Kier alpha value is -2.79. The number of hydrogen-bond acceptors (Lipinski definition) is 5. The number of nitrogens with zero attached hydrogens (tertiary/aromatic N) is 4. The Morgan fingerprint density at radius 2 is 2.03 bits per heavy atom. The van der Waals surface area contributed by atoms with Crippen LogP contribution in [-0.4, -0.2) is 41.0 Å². The molecule has 1 unspecified atom stereocenters. The van der Waals surface area contributed by atoms with E-state index in [1.807, 2.05) is 19.1 Å². The molecule has 3 aliphatic rings. The summed E-state index contributed by atoms with van der Waals surface area (Å²) in [7, 11) is 0. The van der Waals surface area contributed by atoms with E-state index in [9.17, 15) is 9.59 Å². The predicted molar refractivity (Wildman–Crippen MR) is 117 cm³/mol. The number of benzene rings is 1. The van der Waals surface area contributed by atoms with E-state index in [0.717, 1.165) is 60.3 Å². The average Bonchev–Trinajstić information content (AvgIpc) is 3.67. The molecule has 1 aliphatic heterocycles. The third-order valence-electron chi connectivity index (χ3n) is 7.22. The number of aromatic nitrogens is 2. The monoisotopic (exact) mass is 408 g/mol. The van der Waals surface area contributed by atoms with Crippen LogP contribution in [0, 0.1) is 19.4 Å². The molecule has 8 heteroatoms. The molecule has 5 rings (SSSR count). The molecule has 0 bridgehead atoms. The molecule has 0 spiro atoms. The molecule has 1 saturated heterocycles. The van der Waals surface area contributed by atoms with Crippen molar-refractivity contribution < 1.29 is 0 Å². The van der Waals surface area contributed by atoms with E-state index < -0.39 is 11.2 Å². The maximum absolute atomic E-state index is 12.7. The van der Waals surface area contributed by atoms with Crippen LogP contribution >= 0.6 is 0 Å². The first kappa shape index (κ1) is 19.2. The Balaban J connectivity index is 1.49. The van der Waals surface area contributed by atoms with Gasteiger partial charge in [0.15, 0.2) is 0 Å². The predicted octanol–water partition coefficient (Wildman–Crippen LogP) is 1.39. The van der Waals surface area contributed by atoms with Crippen LogP contribution in [0.3, 0.4) is 0 Å². The van der Waals surface area contributed by atoms with Crippen molar-refractivity contribution in [3.8, 4) is 0 Å². The van der Waals surface area contributed by atoms with Crippen molar-refractivity contribution in [1.82, 2.24) is 14.6 Å². The lowest BCUT2D eigenvalue weighted by molar-refractivity contribution is 0.363. The highest BCUT2D eigenvalue weighted by Gasteiger charge is 2.51. The molecule has 1 aromatic heterocycles. The number of rotatable bonds is 6. The second-order valence-corrected chi connectivity index (χ2v) is 9.06. The molecule has 1 atom stereocenters. The van der Waals surface area contributed by atoms with E-state index in [1.54, 1.807) is 4.57 Å². The summed E-state index contributed by atoms with van der Waals surface area (Å²) < 4.78 is 2.48. The summed E-state index contributed by atoms with van der Waals surface area (Å²) in [6, 6.07) is 3.97. The second kappa shape index (κ2) is 6.88. The minimum Gasteiger partial charge on any atom is -0.371 e. The molecule has 2 saturated carbocycles. The topological polar surface area (TPSA) is 89.7 Å². The van der Waals surface area contributed by atoms with Gasteiger partial charge in [-0.1, -0.05) is 0 Å². The lowest BCUT2D eigenvalue weighted by Crippen LogP contribution is -2.44. The number of anilines is 1. The molecule has 1 aromatic carbocycles. The highest BCUT2D eigenvalue weighted by atomic mass is 16.2. The summed E-state index contributed by atoms with van der Waals surface area (Å²) in [5.74, 6) is 6.34. The van der Waals surface area contributed by atoms with Gasteiger partial charge in [0.25, 0.3) is 5.56 Å². The van der Waals surface area contributed by atoms with Crippen molar-refractivity contribution in [3.63, 3.8) is 0 Å². The molecule has 158 valence electrons. The minimum absolute atomic E-state index is 0.136. The van der Waals surface area contributed by atoms with Crippen LogP contribution in [-0.2, 0) is 0 Å². The van der Waals surface area contributed by atoms with Crippen LogP contribution in [0.1, 0.15) is 43.7 Å². The zero-order valence-corrected chi connectivity index (χ0v) is 17.4. The molecule has 0 amide bonds. The minimum atomic E-state index is -0.429. The zero-order valence-electron chi connectivity index (χ0n) is 17.4. The normalized spacial score (nSPS) is 22.4. The van der Waals surface area contributed by atoms with Crippen LogP contribution in [0.4, 0.5) is 5.69 Å². The summed E-state index contributed by atoms with van der Waals surface area (Å²) in [4.78, 5) is 31.2. The van der Waals surface area contributed by atoms with Gasteiger partial charge < -0.3 is 20.9 Å². The fraction of sp³-hybridized carbons (Fsp3) is 0.591. The summed E-state index contributed by atoms with van der Waals surface area (Å²) in [5, 5.41) is 4.15. The molecular weight excluding hydrogens is 380 g/mol. The van der Waals surface area contributed by atoms with Crippen molar-refractivity contribution in [2.75, 3.05) is 36.9 Å². The number of nitrogen functional groups attached to an aromatic ring is 1. The van der Waals surface area contributed by atoms with Crippen molar-refractivity contribution in [1.29, 1.82) is 0 Å². The Bertz CT molecular complexity index is 1170. The molecule has 8 nitrogen and oxygen atoms in total. The van der Waals surface area contributed by atoms with Crippen LogP contribution in [0.25, 0.3) is 15.7 Å². The van der Waals surface area contributed by atoms with Gasteiger partial charge in [-0.15, -0.1) is 0 Å². The molecule has 3 N–H and O–H groups in total. The summed E-state index contributed by atoms with van der Waals surface area (Å²) in [6.07, 6.45) is 5.36.